The van der Waals surface area contributed by atoms with Crippen molar-refractivity contribution in [1.82, 2.24) is 5.32 Å². The second-order valence-corrected chi connectivity index (χ2v) is 2.95. The van der Waals surface area contributed by atoms with Gasteiger partial charge in [-0.2, -0.15) is 0 Å². The number of hydrogen-bond donors (Lipinski definition) is 2. The molecule has 0 aliphatic heterocycles. The Balaban J connectivity index is 2.47. The van der Waals surface area contributed by atoms with Crippen molar-refractivity contribution >= 4 is 29.6 Å². The maximum absolute atomic E-state index is 11.0. The second-order valence-electron chi connectivity index (χ2n) is 2.51. The highest BCUT2D eigenvalue weighted by Crippen LogP contribution is 2.12. The average Bonchev–Trinajstić information content (AvgIpc) is 2.18. The third-order valence-electron chi connectivity index (χ3n) is 1.45. The molecule has 0 heterocycles. The molecule has 0 saturated carbocycles. The summed E-state index contributed by atoms with van der Waals surface area (Å²) in [5.41, 5.74) is 0.623. The van der Waals surface area contributed by atoms with E-state index in [1.165, 1.54) is 0 Å². The van der Waals surface area contributed by atoms with Crippen LogP contribution in [0.2, 0.25) is 5.02 Å². The van der Waals surface area contributed by atoms with Crippen LogP contribution in [0.5, 0.6) is 0 Å². The van der Waals surface area contributed by atoms with Gasteiger partial charge >= 0.3 is 6.03 Å². The summed E-state index contributed by atoms with van der Waals surface area (Å²) in [6, 6.07) is 6.25. The van der Waals surface area contributed by atoms with Crippen LogP contribution in [0, 0.1) is 0 Å². The van der Waals surface area contributed by atoms with Crippen LogP contribution in [0.25, 0.3) is 0 Å². The van der Waals surface area contributed by atoms with Gasteiger partial charge in [-0.3, -0.25) is 0 Å². The highest BCUT2D eigenvalue weighted by Gasteiger charge is 1.99. The lowest BCUT2D eigenvalue weighted by atomic mass is 10.3. The SMILES string of the molecule is O=CCNC(=O)Nc1ccc(Cl)cc1. The van der Waals surface area contributed by atoms with E-state index >= 15 is 0 Å². The van der Waals surface area contributed by atoms with Crippen molar-refractivity contribution in [2.75, 3.05) is 11.9 Å². The number of carbonyl (C=O) groups is 2. The summed E-state index contributed by atoms with van der Waals surface area (Å²) in [6.07, 6.45) is 0.613. The number of benzene rings is 1. The highest BCUT2D eigenvalue weighted by molar-refractivity contribution is 6.30. The molecule has 2 N–H and O–H groups in total. The normalized spacial score (nSPS) is 9.21. The Morgan fingerprint density at radius 3 is 2.57 bits per heavy atom. The fourth-order valence-corrected chi connectivity index (χ4v) is 0.969. The molecule has 0 saturated heterocycles. The summed E-state index contributed by atoms with van der Waals surface area (Å²) in [4.78, 5) is 21.0. The molecule has 1 aromatic rings. The van der Waals surface area contributed by atoms with E-state index in [2.05, 4.69) is 10.6 Å². The molecule has 0 aliphatic rings. The van der Waals surface area contributed by atoms with Gasteiger partial charge in [0.2, 0.25) is 0 Å². The first-order valence-corrected chi connectivity index (χ1v) is 4.34. The van der Waals surface area contributed by atoms with Crippen molar-refractivity contribution in [2.45, 2.75) is 0 Å². The molecular formula is C9H9ClN2O2. The largest absolute Gasteiger partial charge is 0.331 e. The summed E-state index contributed by atoms with van der Waals surface area (Å²) >= 11 is 5.66. The predicted molar refractivity (Wildman–Crippen MR) is 54.5 cm³/mol. The first-order valence-electron chi connectivity index (χ1n) is 3.96. The molecule has 14 heavy (non-hydrogen) atoms. The zero-order chi connectivity index (χ0) is 10.4. The van der Waals surface area contributed by atoms with Gasteiger partial charge in [0.05, 0.1) is 6.54 Å². The van der Waals surface area contributed by atoms with E-state index < -0.39 is 6.03 Å². The van der Waals surface area contributed by atoms with Crippen LogP contribution in [-0.4, -0.2) is 18.9 Å². The minimum Gasteiger partial charge on any atom is -0.331 e. The topological polar surface area (TPSA) is 58.2 Å². The molecule has 0 atom stereocenters. The van der Waals surface area contributed by atoms with Gasteiger partial charge in [0, 0.05) is 10.7 Å². The molecule has 0 spiro atoms. The molecule has 74 valence electrons. The number of aldehydes is 1. The third kappa shape index (κ3) is 3.45. The van der Waals surface area contributed by atoms with E-state index in [1.807, 2.05) is 0 Å². The lowest BCUT2D eigenvalue weighted by Gasteiger charge is -2.04. The number of hydrogen-bond acceptors (Lipinski definition) is 2. The molecule has 0 bridgehead atoms. The number of halogens is 1. The molecule has 5 heteroatoms. The fraction of sp³-hybridized carbons (Fsp3) is 0.111. The Morgan fingerprint density at radius 2 is 2.00 bits per heavy atom. The monoisotopic (exact) mass is 212 g/mol. The van der Waals surface area contributed by atoms with Crippen molar-refractivity contribution in [3.63, 3.8) is 0 Å². The molecule has 2 amide bonds. The van der Waals surface area contributed by atoms with Crippen molar-refractivity contribution < 1.29 is 9.59 Å². The summed E-state index contributed by atoms with van der Waals surface area (Å²) in [5, 5.41) is 5.48. The second kappa shape index (κ2) is 5.24. The van der Waals surface area contributed by atoms with E-state index in [0.717, 1.165) is 0 Å². The summed E-state index contributed by atoms with van der Waals surface area (Å²) in [7, 11) is 0. The molecule has 0 fully saturated rings. The van der Waals surface area contributed by atoms with Crippen LogP contribution >= 0.6 is 11.6 Å². The van der Waals surface area contributed by atoms with Crippen molar-refractivity contribution in [3.05, 3.63) is 29.3 Å². The van der Waals surface area contributed by atoms with Crippen LogP contribution in [-0.2, 0) is 4.79 Å². The van der Waals surface area contributed by atoms with E-state index in [4.69, 9.17) is 11.6 Å². The lowest BCUT2D eigenvalue weighted by molar-refractivity contribution is -0.107. The molecular weight excluding hydrogens is 204 g/mol. The minimum atomic E-state index is -0.417. The zero-order valence-corrected chi connectivity index (χ0v) is 8.04. The minimum absolute atomic E-state index is 0.000572. The fourth-order valence-electron chi connectivity index (χ4n) is 0.843. The van der Waals surface area contributed by atoms with Gasteiger partial charge in [0.15, 0.2) is 0 Å². The molecule has 0 radical (unpaired) electrons. The third-order valence-corrected chi connectivity index (χ3v) is 1.70. The molecule has 1 aromatic carbocycles. The standard InChI is InChI=1S/C9H9ClN2O2/c10-7-1-3-8(4-2-7)12-9(14)11-5-6-13/h1-4,6H,5H2,(H2,11,12,14). The Morgan fingerprint density at radius 1 is 1.36 bits per heavy atom. The van der Waals surface area contributed by atoms with Crippen LogP contribution in [0.15, 0.2) is 24.3 Å². The molecule has 1 rings (SSSR count). The Kier molecular flexibility index (Phi) is 3.94. The van der Waals surface area contributed by atoms with Crippen LogP contribution in [0.1, 0.15) is 0 Å². The highest BCUT2D eigenvalue weighted by atomic mass is 35.5. The number of nitrogens with one attached hydrogen (secondary N) is 2. The summed E-state index contributed by atoms with van der Waals surface area (Å²) in [6.45, 7) is -0.000572. The number of rotatable bonds is 3. The van der Waals surface area contributed by atoms with E-state index in [9.17, 15) is 9.59 Å². The molecule has 0 unspecified atom stereocenters. The lowest BCUT2D eigenvalue weighted by Crippen LogP contribution is -2.29. The predicted octanol–water partition coefficient (Wildman–Crippen LogP) is 1.66. The van der Waals surface area contributed by atoms with Crippen LogP contribution in [0.4, 0.5) is 10.5 Å². The quantitative estimate of drug-likeness (QED) is 0.749. The first kappa shape index (κ1) is 10.5. The number of anilines is 1. The zero-order valence-electron chi connectivity index (χ0n) is 7.29. The number of carbonyl (C=O) groups excluding carboxylic acids is 2. The van der Waals surface area contributed by atoms with Gasteiger partial charge in [-0.15, -0.1) is 0 Å². The van der Waals surface area contributed by atoms with Crippen LogP contribution in [0.3, 0.4) is 0 Å². The Labute approximate surface area is 86.3 Å². The van der Waals surface area contributed by atoms with Gasteiger partial charge in [0.25, 0.3) is 0 Å². The van der Waals surface area contributed by atoms with Gasteiger partial charge in [-0.1, -0.05) is 11.6 Å². The summed E-state index contributed by atoms with van der Waals surface area (Å²) < 4.78 is 0. The van der Waals surface area contributed by atoms with Crippen molar-refractivity contribution in [2.24, 2.45) is 0 Å². The number of amides is 2. The van der Waals surface area contributed by atoms with Crippen LogP contribution < -0.4 is 10.6 Å². The summed E-state index contributed by atoms with van der Waals surface area (Å²) in [5.74, 6) is 0. The first-order chi connectivity index (χ1) is 6.72. The van der Waals surface area contributed by atoms with Gasteiger partial charge < -0.3 is 15.4 Å². The van der Waals surface area contributed by atoms with E-state index in [0.29, 0.717) is 17.0 Å². The molecule has 0 aliphatic carbocycles. The Hall–Kier alpha value is -1.55. The van der Waals surface area contributed by atoms with E-state index in [1.54, 1.807) is 24.3 Å². The number of urea groups is 1. The van der Waals surface area contributed by atoms with Crippen molar-refractivity contribution in [3.8, 4) is 0 Å². The van der Waals surface area contributed by atoms with Crippen molar-refractivity contribution in [1.29, 1.82) is 0 Å². The smallest absolute Gasteiger partial charge is 0.319 e. The van der Waals surface area contributed by atoms with Gasteiger partial charge in [-0.25, -0.2) is 4.79 Å². The average molecular weight is 213 g/mol. The molecule has 4 nitrogen and oxygen atoms in total. The van der Waals surface area contributed by atoms with Gasteiger partial charge in [0.1, 0.15) is 6.29 Å². The van der Waals surface area contributed by atoms with E-state index in [-0.39, 0.29) is 6.54 Å². The van der Waals surface area contributed by atoms with Gasteiger partial charge in [-0.05, 0) is 24.3 Å². The maximum Gasteiger partial charge on any atom is 0.319 e. The molecule has 0 aromatic heterocycles. The maximum atomic E-state index is 11.0. The Bertz CT molecular complexity index is 324.